The van der Waals surface area contributed by atoms with Crippen molar-refractivity contribution in [1.82, 2.24) is 0 Å². The van der Waals surface area contributed by atoms with Gasteiger partial charge >= 0.3 is 0 Å². The smallest absolute Gasteiger partial charge is 0.000139 e. The van der Waals surface area contributed by atoms with Crippen LogP contribution >= 0.6 is 0 Å². The lowest BCUT2D eigenvalue weighted by atomic mass is 9.75. The van der Waals surface area contributed by atoms with E-state index < -0.39 is 0 Å². The zero-order valence-corrected chi connectivity index (χ0v) is 40.1. The SMILES string of the molecule is CC(C)(C)c1ccc(-c2c3ccccc3c(-c3ccc(-c4ccccc4)cc3)c3c(-c4ccc(C(C)(C)C)cc4)c4ccc(C(C)(C)C)cc4c(-c4ccc(-c5ccccc5)cc4)c23)cc1. The standard InChI is InChI=1S/C66H60/c1-64(2,3)51-36-32-49(33-37-51)59-55-23-17-16-22-54(55)58(47-28-24-45(25-29-47)43-18-12-10-13-19-43)62-60(50-34-38-52(39-35-50)65(4,5)6)56-41-40-53(66(7,8)9)42-57(56)61(63(59)62)48-30-26-46(27-31-48)44-20-14-11-15-21-44/h10-42H,1-9H3. The maximum absolute atomic E-state index is 2.51. The Labute approximate surface area is 392 Å². The van der Waals surface area contributed by atoms with Crippen LogP contribution in [0.2, 0.25) is 0 Å². The average Bonchev–Trinajstić information content (AvgIpc) is 3.32. The minimum Gasteiger partial charge on any atom is -0.0622 e. The Balaban J connectivity index is 1.44. The molecule has 0 heterocycles. The monoisotopic (exact) mass is 852 g/mol. The molecule has 0 fully saturated rings. The molecule has 0 saturated heterocycles. The van der Waals surface area contributed by atoms with Crippen LogP contribution in [-0.4, -0.2) is 0 Å². The summed E-state index contributed by atoms with van der Waals surface area (Å²) in [5, 5.41) is 7.57. The molecule has 0 aliphatic heterocycles. The molecule has 10 rings (SSSR count). The van der Waals surface area contributed by atoms with Gasteiger partial charge in [0.15, 0.2) is 0 Å². The van der Waals surface area contributed by atoms with Gasteiger partial charge in [-0.1, -0.05) is 256 Å². The fourth-order valence-electron chi connectivity index (χ4n) is 10.0. The zero-order chi connectivity index (χ0) is 46.0. The van der Waals surface area contributed by atoms with Crippen molar-refractivity contribution in [2.24, 2.45) is 0 Å². The molecule has 10 aromatic rings. The number of fused-ring (bicyclic) bond motifs is 3. The first kappa shape index (κ1) is 42.9. The Kier molecular flexibility index (Phi) is 10.7. The van der Waals surface area contributed by atoms with E-state index in [1.807, 2.05) is 0 Å². The van der Waals surface area contributed by atoms with Crippen LogP contribution < -0.4 is 0 Å². The highest BCUT2D eigenvalue weighted by Crippen LogP contribution is 2.54. The summed E-state index contributed by atoms with van der Waals surface area (Å²) in [6.07, 6.45) is 0. The van der Waals surface area contributed by atoms with E-state index in [2.05, 4.69) is 263 Å². The third kappa shape index (κ3) is 7.83. The fourth-order valence-corrected chi connectivity index (χ4v) is 10.0. The highest BCUT2D eigenvalue weighted by molar-refractivity contribution is 6.34. The summed E-state index contributed by atoms with van der Waals surface area (Å²) in [5.74, 6) is 0. The quantitative estimate of drug-likeness (QED) is 0.146. The third-order valence-electron chi connectivity index (χ3n) is 13.8. The lowest BCUT2D eigenvalue weighted by Crippen LogP contribution is -2.11. The molecule has 0 aliphatic carbocycles. The summed E-state index contributed by atoms with van der Waals surface area (Å²) >= 11 is 0. The lowest BCUT2D eigenvalue weighted by molar-refractivity contribution is 0.590. The second-order valence-corrected chi connectivity index (χ2v) is 21.3. The minimum atomic E-state index is -0.0627. The molecular formula is C66H60. The van der Waals surface area contributed by atoms with Gasteiger partial charge in [0, 0.05) is 0 Å². The van der Waals surface area contributed by atoms with Crippen molar-refractivity contribution < 1.29 is 0 Å². The predicted octanol–water partition coefficient (Wildman–Crippen LogP) is 19.0. The van der Waals surface area contributed by atoms with Gasteiger partial charge < -0.3 is 0 Å². The van der Waals surface area contributed by atoms with Crippen molar-refractivity contribution in [2.75, 3.05) is 0 Å². The molecule has 0 heteroatoms. The highest BCUT2D eigenvalue weighted by atomic mass is 14.3. The first-order valence-electron chi connectivity index (χ1n) is 23.7. The number of hydrogen-bond acceptors (Lipinski definition) is 0. The maximum Gasteiger partial charge on any atom is -0.000139 e. The van der Waals surface area contributed by atoms with Gasteiger partial charge in [-0.3, -0.25) is 0 Å². The molecule has 10 aromatic carbocycles. The molecular weight excluding hydrogens is 793 g/mol. The summed E-state index contributed by atoms with van der Waals surface area (Å²) in [7, 11) is 0. The van der Waals surface area contributed by atoms with E-state index in [9.17, 15) is 0 Å². The molecule has 324 valence electrons. The van der Waals surface area contributed by atoms with E-state index in [1.54, 1.807) is 0 Å². The summed E-state index contributed by atoms with van der Waals surface area (Å²) in [5.41, 5.74) is 18.7. The van der Waals surface area contributed by atoms with Gasteiger partial charge in [-0.2, -0.15) is 0 Å². The number of benzene rings is 10. The van der Waals surface area contributed by atoms with E-state index in [-0.39, 0.29) is 16.2 Å². The topological polar surface area (TPSA) is 0 Å². The Morgan fingerprint density at radius 1 is 0.212 bits per heavy atom. The first-order valence-corrected chi connectivity index (χ1v) is 23.7. The molecule has 0 radical (unpaired) electrons. The predicted molar refractivity (Wildman–Crippen MR) is 288 cm³/mol. The summed E-state index contributed by atoms with van der Waals surface area (Å²) in [4.78, 5) is 0. The van der Waals surface area contributed by atoms with Gasteiger partial charge in [0.1, 0.15) is 0 Å². The summed E-state index contributed by atoms with van der Waals surface area (Å²) < 4.78 is 0. The Morgan fingerprint density at radius 2 is 0.470 bits per heavy atom. The first-order chi connectivity index (χ1) is 31.6. The molecule has 0 nitrogen and oxygen atoms in total. The summed E-state index contributed by atoms with van der Waals surface area (Å²) in [6, 6.07) is 75.6. The van der Waals surface area contributed by atoms with Crippen molar-refractivity contribution in [3.05, 3.63) is 217 Å². The second-order valence-electron chi connectivity index (χ2n) is 21.3. The lowest BCUT2D eigenvalue weighted by Gasteiger charge is -2.27. The van der Waals surface area contributed by atoms with E-state index in [1.165, 1.54) is 116 Å². The molecule has 66 heavy (non-hydrogen) atoms. The van der Waals surface area contributed by atoms with Gasteiger partial charge in [0.05, 0.1) is 0 Å². The van der Waals surface area contributed by atoms with Crippen molar-refractivity contribution in [3.63, 3.8) is 0 Å². The van der Waals surface area contributed by atoms with Gasteiger partial charge in [0.25, 0.3) is 0 Å². The van der Waals surface area contributed by atoms with Crippen LogP contribution in [0.15, 0.2) is 200 Å². The van der Waals surface area contributed by atoms with Gasteiger partial charge in [0.2, 0.25) is 0 Å². The van der Waals surface area contributed by atoms with E-state index in [4.69, 9.17) is 0 Å². The number of hydrogen-bond donors (Lipinski definition) is 0. The Morgan fingerprint density at radius 3 is 0.818 bits per heavy atom. The van der Waals surface area contributed by atoms with Crippen LogP contribution in [0.5, 0.6) is 0 Å². The Hall–Kier alpha value is -7.02. The van der Waals surface area contributed by atoms with E-state index >= 15 is 0 Å². The molecule has 0 unspecified atom stereocenters. The van der Waals surface area contributed by atoms with Crippen molar-refractivity contribution in [3.8, 4) is 66.8 Å². The zero-order valence-electron chi connectivity index (χ0n) is 40.1. The van der Waals surface area contributed by atoms with Crippen LogP contribution in [0, 0.1) is 0 Å². The van der Waals surface area contributed by atoms with Gasteiger partial charge in [-0.05, 0) is 138 Å². The van der Waals surface area contributed by atoms with Crippen molar-refractivity contribution >= 4 is 32.3 Å². The largest absolute Gasteiger partial charge is 0.0622 e. The Bertz CT molecular complexity index is 3370. The van der Waals surface area contributed by atoms with E-state index in [0.717, 1.165) is 0 Å². The van der Waals surface area contributed by atoms with Gasteiger partial charge in [-0.15, -0.1) is 0 Å². The summed E-state index contributed by atoms with van der Waals surface area (Å²) in [6.45, 7) is 20.8. The minimum absolute atomic E-state index is 0.0221. The van der Waals surface area contributed by atoms with Crippen LogP contribution in [-0.2, 0) is 16.2 Å². The van der Waals surface area contributed by atoms with E-state index in [0.29, 0.717) is 0 Å². The normalized spacial score (nSPS) is 12.3. The third-order valence-corrected chi connectivity index (χ3v) is 13.8. The molecule has 0 spiro atoms. The van der Waals surface area contributed by atoms with Crippen LogP contribution in [0.3, 0.4) is 0 Å². The molecule has 0 aliphatic rings. The van der Waals surface area contributed by atoms with Gasteiger partial charge in [-0.25, -0.2) is 0 Å². The highest BCUT2D eigenvalue weighted by Gasteiger charge is 2.28. The maximum atomic E-state index is 2.51. The number of rotatable bonds is 6. The van der Waals surface area contributed by atoms with Crippen molar-refractivity contribution in [1.29, 1.82) is 0 Å². The molecule has 0 amide bonds. The molecule has 0 N–H and O–H groups in total. The molecule has 0 aromatic heterocycles. The van der Waals surface area contributed by atoms with Crippen LogP contribution in [0.1, 0.15) is 79.0 Å². The molecule has 0 bridgehead atoms. The second kappa shape index (κ2) is 16.4. The van der Waals surface area contributed by atoms with Crippen LogP contribution in [0.25, 0.3) is 99.1 Å². The molecule has 0 saturated carbocycles. The fraction of sp³-hybridized carbons (Fsp3) is 0.182. The molecule has 0 atom stereocenters. The van der Waals surface area contributed by atoms with Crippen LogP contribution in [0.4, 0.5) is 0 Å². The average molecular weight is 853 g/mol. The van der Waals surface area contributed by atoms with Crippen molar-refractivity contribution in [2.45, 2.75) is 78.6 Å².